The van der Waals surface area contributed by atoms with Crippen LogP contribution < -0.4 is 10.6 Å². The van der Waals surface area contributed by atoms with Crippen LogP contribution in [0, 0.1) is 6.92 Å². The molecule has 0 saturated heterocycles. The number of urea groups is 1. The van der Waals surface area contributed by atoms with Gasteiger partial charge in [-0.25, -0.2) is 9.78 Å². The predicted octanol–water partition coefficient (Wildman–Crippen LogP) is 3.03. The highest BCUT2D eigenvalue weighted by Crippen LogP contribution is 2.30. The number of carbonyl (C=O) groups is 1. The highest BCUT2D eigenvalue weighted by Gasteiger charge is 2.30. The molecule has 0 spiro atoms. The number of hydrogen-bond donors (Lipinski definition) is 2. The van der Waals surface area contributed by atoms with Gasteiger partial charge in [0.2, 0.25) is 0 Å². The number of nitrogens with zero attached hydrogens (tertiary/aromatic N) is 2. The average molecular weight is 312 g/mol. The maximum atomic E-state index is 12.6. The van der Waals surface area contributed by atoms with Gasteiger partial charge in [-0.15, -0.1) is 0 Å². The van der Waals surface area contributed by atoms with Crippen LogP contribution >= 0.6 is 0 Å². The van der Waals surface area contributed by atoms with E-state index in [2.05, 4.69) is 15.6 Å². The first-order valence-corrected chi connectivity index (χ1v) is 6.56. The van der Waals surface area contributed by atoms with Crippen molar-refractivity contribution in [2.24, 2.45) is 0 Å². The van der Waals surface area contributed by atoms with Crippen LogP contribution in [0.4, 0.5) is 23.7 Å². The molecule has 1 aromatic heterocycles. The van der Waals surface area contributed by atoms with Crippen molar-refractivity contribution in [2.75, 3.05) is 11.9 Å². The van der Waals surface area contributed by atoms with Crippen molar-refractivity contribution in [2.45, 2.75) is 19.6 Å². The van der Waals surface area contributed by atoms with Gasteiger partial charge in [0.25, 0.3) is 0 Å². The lowest BCUT2D eigenvalue weighted by Gasteiger charge is -2.11. The molecule has 22 heavy (non-hydrogen) atoms. The summed E-state index contributed by atoms with van der Waals surface area (Å²) in [5.74, 6) is 0.820. The van der Waals surface area contributed by atoms with Crippen molar-refractivity contribution in [3.8, 4) is 0 Å². The maximum absolute atomic E-state index is 12.6. The Labute approximate surface area is 125 Å². The van der Waals surface area contributed by atoms with Gasteiger partial charge in [-0.2, -0.15) is 13.2 Å². The quantitative estimate of drug-likeness (QED) is 0.911. The summed E-state index contributed by atoms with van der Waals surface area (Å²) in [6, 6.07) is 3.92. The molecule has 1 aromatic carbocycles. The number of alkyl halides is 3. The smallest absolute Gasteiger partial charge is 0.336 e. The van der Waals surface area contributed by atoms with E-state index in [1.54, 1.807) is 12.4 Å². The Morgan fingerprint density at radius 2 is 2.14 bits per heavy atom. The van der Waals surface area contributed by atoms with Crippen LogP contribution in [0.3, 0.4) is 0 Å². The minimum atomic E-state index is -4.44. The van der Waals surface area contributed by atoms with E-state index in [1.807, 2.05) is 11.5 Å². The molecule has 0 aliphatic heterocycles. The lowest BCUT2D eigenvalue weighted by molar-refractivity contribution is -0.137. The molecule has 5 nitrogen and oxygen atoms in total. The summed E-state index contributed by atoms with van der Waals surface area (Å²) in [7, 11) is 0. The molecule has 0 aliphatic rings. The van der Waals surface area contributed by atoms with Gasteiger partial charge in [0.05, 0.1) is 5.56 Å². The minimum absolute atomic E-state index is 0.0890. The first kappa shape index (κ1) is 15.9. The largest absolute Gasteiger partial charge is 0.416 e. The third-order valence-corrected chi connectivity index (χ3v) is 3.01. The van der Waals surface area contributed by atoms with E-state index >= 15 is 0 Å². The molecule has 0 aliphatic carbocycles. The van der Waals surface area contributed by atoms with Gasteiger partial charge in [-0.3, -0.25) is 0 Å². The third-order valence-electron chi connectivity index (χ3n) is 3.01. The van der Waals surface area contributed by atoms with Gasteiger partial charge in [0.1, 0.15) is 5.82 Å². The maximum Gasteiger partial charge on any atom is 0.416 e. The SMILES string of the molecule is Cc1nccn1CCNC(=O)Nc1cccc(C(F)(F)F)c1. The molecular formula is C14H15F3N4O. The summed E-state index contributed by atoms with van der Waals surface area (Å²) in [5.41, 5.74) is -0.717. The zero-order valence-electron chi connectivity index (χ0n) is 11.8. The van der Waals surface area contributed by atoms with E-state index in [1.165, 1.54) is 12.1 Å². The Bertz CT molecular complexity index is 652. The second-order valence-electron chi connectivity index (χ2n) is 4.63. The fourth-order valence-electron chi connectivity index (χ4n) is 1.88. The second-order valence-corrected chi connectivity index (χ2v) is 4.63. The fraction of sp³-hybridized carbons (Fsp3) is 0.286. The molecule has 2 rings (SSSR count). The van der Waals surface area contributed by atoms with E-state index in [0.29, 0.717) is 13.1 Å². The Hall–Kier alpha value is -2.51. The molecule has 118 valence electrons. The molecule has 0 fully saturated rings. The topological polar surface area (TPSA) is 59.0 Å². The summed E-state index contributed by atoms with van der Waals surface area (Å²) in [5, 5.41) is 4.95. The van der Waals surface area contributed by atoms with E-state index < -0.39 is 17.8 Å². The number of anilines is 1. The summed E-state index contributed by atoms with van der Waals surface area (Å²) >= 11 is 0. The van der Waals surface area contributed by atoms with Gasteiger partial charge in [-0.05, 0) is 25.1 Å². The summed E-state index contributed by atoms with van der Waals surface area (Å²) in [6.07, 6.45) is -1.01. The van der Waals surface area contributed by atoms with Crippen LogP contribution in [0.2, 0.25) is 0 Å². The van der Waals surface area contributed by atoms with Crippen LogP contribution in [-0.4, -0.2) is 22.1 Å². The van der Waals surface area contributed by atoms with Gasteiger partial charge < -0.3 is 15.2 Å². The Morgan fingerprint density at radius 3 is 2.77 bits per heavy atom. The number of carbonyl (C=O) groups excluding carboxylic acids is 1. The number of imidazole rings is 1. The highest BCUT2D eigenvalue weighted by atomic mass is 19.4. The predicted molar refractivity (Wildman–Crippen MR) is 75.4 cm³/mol. The van der Waals surface area contributed by atoms with Crippen molar-refractivity contribution in [1.29, 1.82) is 0 Å². The van der Waals surface area contributed by atoms with E-state index in [0.717, 1.165) is 18.0 Å². The van der Waals surface area contributed by atoms with Crippen LogP contribution in [0.1, 0.15) is 11.4 Å². The molecular weight excluding hydrogens is 297 g/mol. The highest BCUT2D eigenvalue weighted by molar-refractivity contribution is 5.89. The van der Waals surface area contributed by atoms with E-state index in [4.69, 9.17) is 0 Å². The number of benzene rings is 1. The molecule has 0 radical (unpaired) electrons. The molecule has 0 bridgehead atoms. The van der Waals surface area contributed by atoms with Gasteiger partial charge in [0, 0.05) is 31.2 Å². The summed E-state index contributed by atoms with van der Waals surface area (Å²) in [6.45, 7) is 2.70. The average Bonchev–Trinajstić information content (AvgIpc) is 2.84. The number of rotatable bonds is 4. The molecule has 2 N–H and O–H groups in total. The molecule has 8 heteroatoms. The first-order valence-electron chi connectivity index (χ1n) is 6.56. The molecule has 0 atom stereocenters. The molecule has 2 aromatic rings. The van der Waals surface area contributed by atoms with Crippen LogP contribution in [0.15, 0.2) is 36.7 Å². The number of halogens is 3. The van der Waals surface area contributed by atoms with Crippen molar-refractivity contribution in [3.05, 3.63) is 48.0 Å². The van der Waals surface area contributed by atoms with Crippen LogP contribution in [0.5, 0.6) is 0 Å². The molecule has 0 saturated carbocycles. The fourth-order valence-corrected chi connectivity index (χ4v) is 1.88. The zero-order valence-corrected chi connectivity index (χ0v) is 11.8. The van der Waals surface area contributed by atoms with Crippen LogP contribution in [-0.2, 0) is 12.7 Å². The van der Waals surface area contributed by atoms with Gasteiger partial charge in [-0.1, -0.05) is 6.07 Å². The van der Waals surface area contributed by atoms with E-state index in [9.17, 15) is 18.0 Å². The zero-order chi connectivity index (χ0) is 16.2. The van der Waals surface area contributed by atoms with Crippen molar-refractivity contribution >= 4 is 11.7 Å². The van der Waals surface area contributed by atoms with Crippen molar-refractivity contribution < 1.29 is 18.0 Å². The monoisotopic (exact) mass is 312 g/mol. The van der Waals surface area contributed by atoms with Crippen molar-refractivity contribution in [1.82, 2.24) is 14.9 Å². The third kappa shape index (κ3) is 4.24. The van der Waals surface area contributed by atoms with Gasteiger partial charge in [0.15, 0.2) is 0 Å². The Balaban J connectivity index is 1.86. The van der Waals surface area contributed by atoms with E-state index in [-0.39, 0.29) is 5.69 Å². The molecule has 1 heterocycles. The lowest BCUT2D eigenvalue weighted by atomic mass is 10.2. The number of aromatic nitrogens is 2. The normalized spacial score (nSPS) is 11.3. The number of nitrogens with one attached hydrogen (secondary N) is 2. The second kappa shape index (κ2) is 6.50. The first-order chi connectivity index (χ1) is 10.4. The Morgan fingerprint density at radius 1 is 1.36 bits per heavy atom. The lowest BCUT2D eigenvalue weighted by Crippen LogP contribution is -2.31. The van der Waals surface area contributed by atoms with Crippen LogP contribution in [0.25, 0.3) is 0 Å². The minimum Gasteiger partial charge on any atom is -0.336 e. The number of aryl methyl sites for hydroxylation is 1. The Kier molecular flexibility index (Phi) is 4.69. The summed E-state index contributed by atoms with van der Waals surface area (Å²) < 4.78 is 39.5. The van der Waals surface area contributed by atoms with Gasteiger partial charge >= 0.3 is 12.2 Å². The summed E-state index contributed by atoms with van der Waals surface area (Å²) in [4.78, 5) is 15.7. The number of amides is 2. The van der Waals surface area contributed by atoms with Crippen molar-refractivity contribution in [3.63, 3.8) is 0 Å². The molecule has 2 amide bonds. The number of hydrogen-bond acceptors (Lipinski definition) is 2. The standard InChI is InChI=1S/C14H15F3N4O/c1-10-18-5-7-21(10)8-6-19-13(22)20-12-4-2-3-11(9-12)14(15,16)17/h2-5,7,9H,6,8H2,1H3,(H2,19,20,22). The molecule has 0 unspecified atom stereocenters.